The molecule has 3 aromatic rings. The Morgan fingerprint density at radius 1 is 1.00 bits per heavy atom. The number of rotatable bonds is 8. The number of hydrogen-bond acceptors (Lipinski definition) is 5. The summed E-state index contributed by atoms with van der Waals surface area (Å²) >= 11 is 0. The van der Waals surface area contributed by atoms with E-state index in [0.717, 1.165) is 27.6 Å². The fourth-order valence-corrected chi connectivity index (χ4v) is 3.83. The molecule has 0 saturated heterocycles. The molecule has 0 aliphatic carbocycles. The van der Waals surface area contributed by atoms with Gasteiger partial charge in [0.25, 0.3) is 0 Å². The third kappa shape index (κ3) is 4.77. The highest BCUT2D eigenvalue weighted by Gasteiger charge is 2.20. The minimum absolute atomic E-state index is 0.0383. The van der Waals surface area contributed by atoms with E-state index in [1.165, 1.54) is 0 Å². The van der Waals surface area contributed by atoms with E-state index in [-0.39, 0.29) is 25.0 Å². The molecular formula is C25H27N3O4. The minimum atomic E-state index is -0.491. The largest absolute Gasteiger partial charge is 0.454 e. The average Bonchev–Trinajstić information content (AvgIpc) is 3.23. The van der Waals surface area contributed by atoms with Crippen molar-refractivity contribution in [3.05, 3.63) is 65.7 Å². The molecule has 0 radical (unpaired) electrons. The standard InChI is InChI=1S/C25H27N3O4/c1-15(2)24(25(26)30)28-20-10-17(9-18-5-3-4-6-19(18)20)13-27-23(29)12-16-7-8-21-22(11-16)32-14-31-21/h3-11,15,24,28H,12-14H2,1-2H3,(H2,26,30)(H,27,29)/t24-/m0/s1. The molecule has 7 nitrogen and oxygen atoms in total. The molecule has 0 fully saturated rings. The molecule has 1 heterocycles. The lowest BCUT2D eigenvalue weighted by Gasteiger charge is -2.22. The highest BCUT2D eigenvalue weighted by atomic mass is 16.7. The number of primary amides is 1. The van der Waals surface area contributed by atoms with E-state index in [1.807, 2.05) is 68.4 Å². The van der Waals surface area contributed by atoms with Crippen molar-refractivity contribution in [3.63, 3.8) is 0 Å². The Balaban J connectivity index is 1.49. The van der Waals surface area contributed by atoms with Gasteiger partial charge in [0, 0.05) is 17.6 Å². The highest BCUT2D eigenvalue weighted by molar-refractivity contribution is 5.96. The first-order valence-corrected chi connectivity index (χ1v) is 10.6. The van der Waals surface area contributed by atoms with Crippen LogP contribution in [0.25, 0.3) is 10.8 Å². The zero-order valence-electron chi connectivity index (χ0n) is 18.2. The second-order valence-electron chi connectivity index (χ2n) is 8.27. The first kappa shape index (κ1) is 21.5. The van der Waals surface area contributed by atoms with Crippen LogP contribution >= 0.6 is 0 Å². The lowest BCUT2D eigenvalue weighted by molar-refractivity contribution is -0.121. The van der Waals surface area contributed by atoms with Crippen LogP contribution in [0.4, 0.5) is 5.69 Å². The average molecular weight is 434 g/mol. The molecule has 2 amide bonds. The van der Waals surface area contributed by atoms with Crippen molar-refractivity contribution in [2.45, 2.75) is 32.9 Å². The van der Waals surface area contributed by atoms with Gasteiger partial charge < -0.3 is 25.8 Å². The lowest BCUT2D eigenvalue weighted by Crippen LogP contribution is -2.39. The van der Waals surface area contributed by atoms with E-state index in [1.54, 1.807) is 0 Å². The smallest absolute Gasteiger partial charge is 0.240 e. The highest BCUT2D eigenvalue weighted by Crippen LogP contribution is 2.32. The quantitative estimate of drug-likeness (QED) is 0.506. The van der Waals surface area contributed by atoms with Gasteiger partial charge in [0.05, 0.1) is 6.42 Å². The summed E-state index contributed by atoms with van der Waals surface area (Å²) in [6.07, 6.45) is 0.242. The van der Waals surface area contributed by atoms with Crippen LogP contribution in [0.5, 0.6) is 11.5 Å². The lowest BCUT2D eigenvalue weighted by atomic mass is 10.0. The molecule has 0 unspecified atom stereocenters. The molecular weight excluding hydrogens is 406 g/mol. The maximum Gasteiger partial charge on any atom is 0.240 e. The molecule has 0 spiro atoms. The van der Waals surface area contributed by atoms with E-state index in [4.69, 9.17) is 15.2 Å². The Hall–Kier alpha value is -3.74. The summed E-state index contributed by atoms with van der Waals surface area (Å²) in [5, 5.41) is 8.29. The summed E-state index contributed by atoms with van der Waals surface area (Å²) < 4.78 is 10.7. The first-order valence-electron chi connectivity index (χ1n) is 10.6. The molecule has 4 rings (SSSR count). The Kier molecular flexibility index (Phi) is 6.16. The molecule has 0 bridgehead atoms. The number of benzene rings is 3. The van der Waals surface area contributed by atoms with Crippen molar-refractivity contribution in [2.24, 2.45) is 11.7 Å². The second-order valence-corrected chi connectivity index (χ2v) is 8.27. The van der Waals surface area contributed by atoms with Crippen molar-refractivity contribution in [1.82, 2.24) is 5.32 Å². The third-order valence-electron chi connectivity index (χ3n) is 5.50. The molecule has 166 valence electrons. The fourth-order valence-electron chi connectivity index (χ4n) is 3.83. The van der Waals surface area contributed by atoms with Crippen LogP contribution in [-0.2, 0) is 22.6 Å². The number of carbonyl (C=O) groups is 2. The van der Waals surface area contributed by atoms with Crippen LogP contribution in [0.2, 0.25) is 0 Å². The summed E-state index contributed by atoms with van der Waals surface area (Å²) in [6.45, 7) is 4.47. The van der Waals surface area contributed by atoms with E-state index in [0.29, 0.717) is 18.0 Å². The number of amides is 2. The molecule has 1 aliphatic heterocycles. The zero-order chi connectivity index (χ0) is 22.7. The van der Waals surface area contributed by atoms with Gasteiger partial charge in [-0.2, -0.15) is 0 Å². The van der Waals surface area contributed by atoms with Gasteiger partial charge in [0.1, 0.15) is 6.04 Å². The Morgan fingerprint density at radius 2 is 1.78 bits per heavy atom. The van der Waals surface area contributed by atoms with Gasteiger partial charge >= 0.3 is 0 Å². The van der Waals surface area contributed by atoms with Crippen LogP contribution in [-0.4, -0.2) is 24.6 Å². The number of carbonyl (C=O) groups excluding carboxylic acids is 2. The number of fused-ring (bicyclic) bond motifs is 2. The van der Waals surface area contributed by atoms with Gasteiger partial charge in [-0.15, -0.1) is 0 Å². The molecule has 1 aliphatic rings. The van der Waals surface area contributed by atoms with Gasteiger partial charge in [0.15, 0.2) is 11.5 Å². The Labute approximate surface area is 186 Å². The SMILES string of the molecule is CC(C)[C@H](Nc1cc(CNC(=O)Cc2ccc3c(c2)OCO3)cc2ccccc12)C(N)=O. The predicted molar refractivity (Wildman–Crippen MR) is 124 cm³/mol. The fraction of sp³-hybridized carbons (Fsp3) is 0.280. The number of anilines is 1. The van der Waals surface area contributed by atoms with Crippen molar-refractivity contribution in [2.75, 3.05) is 12.1 Å². The van der Waals surface area contributed by atoms with Gasteiger partial charge in [-0.1, -0.05) is 44.2 Å². The second kappa shape index (κ2) is 9.18. The summed E-state index contributed by atoms with van der Waals surface area (Å²) in [7, 11) is 0. The maximum atomic E-state index is 12.5. The van der Waals surface area contributed by atoms with Crippen LogP contribution in [0, 0.1) is 5.92 Å². The monoisotopic (exact) mass is 433 g/mol. The van der Waals surface area contributed by atoms with Crippen molar-refractivity contribution in [3.8, 4) is 11.5 Å². The van der Waals surface area contributed by atoms with Gasteiger partial charge in [-0.05, 0) is 46.7 Å². The van der Waals surface area contributed by atoms with E-state index in [9.17, 15) is 9.59 Å². The molecule has 0 saturated carbocycles. The molecule has 32 heavy (non-hydrogen) atoms. The molecule has 1 atom stereocenters. The summed E-state index contributed by atoms with van der Waals surface area (Å²) in [4.78, 5) is 24.4. The van der Waals surface area contributed by atoms with Crippen LogP contribution in [0.1, 0.15) is 25.0 Å². The Bertz CT molecular complexity index is 1160. The summed E-state index contributed by atoms with van der Waals surface area (Å²) in [5.74, 6) is 0.905. The number of ether oxygens (including phenoxy) is 2. The molecule has 7 heteroatoms. The van der Waals surface area contributed by atoms with E-state index >= 15 is 0 Å². The van der Waals surface area contributed by atoms with E-state index in [2.05, 4.69) is 10.6 Å². The van der Waals surface area contributed by atoms with E-state index < -0.39 is 11.9 Å². The normalized spacial score (nSPS) is 13.2. The van der Waals surface area contributed by atoms with Gasteiger partial charge in [-0.25, -0.2) is 0 Å². The minimum Gasteiger partial charge on any atom is -0.454 e. The van der Waals surface area contributed by atoms with Gasteiger partial charge in [0.2, 0.25) is 18.6 Å². The van der Waals surface area contributed by atoms with Crippen molar-refractivity contribution < 1.29 is 19.1 Å². The maximum absolute atomic E-state index is 12.5. The topological polar surface area (TPSA) is 103 Å². The third-order valence-corrected chi connectivity index (χ3v) is 5.50. The van der Waals surface area contributed by atoms with Crippen molar-refractivity contribution in [1.29, 1.82) is 0 Å². The summed E-state index contributed by atoms with van der Waals surface area (Å²) in [6, 6.07) is 16.9. The van der Waals surface area contributed by atoms with Crippen LogP contribution < -0.4 is 25.8 Å². The summed E-state index contributed by atoms with van der Waals surface area (Å²) in [5.41, 5.74) is 8.20. The van der Waals surface area contributed by atoms with Crippen LogP contribution in [0.3, 0.4) is 0 Å². The predicted octanol–water partition coefficient (Wildman–Crippen LogP) is 3.35. The molecule has 0 aromatic heterocycles. The first-order chi connectivity index (χ1) is 15.4. The van der Waals surface area contributed by atoms with Crippen LogP contribution in [0.15, 0.2) is 54.6 Å². The molecule has 3 aromatic carbocycles. The molecule has 4 N–H and O–H groups in total. The Morgan fingerprint density at radius 3 is 2.56 bits per heavy atom. The zero-order valence-corrected chi connectivity index (χ0v) is 18.2. The van der Waals surface area contributed by atoms with Gasteiger partial charge in [-0.3, -0.25) is 9.59 Å². The number of hydrogen-bond donors (Lipinski definition) is 3. The number of nitrogens with two attached hydrogens (primary N) is 1. The number of nitrogens with one attached hydrogen (secondary N) is 2. The van der Waals surface area contributed by atoms with Crippen molar-refractivity contribution >= 4 is 28.3 Å².